The van der Waals surface area contributed by atoms with Crippen molar-refractivity contribution in [1.82, 2.24) is 9.97 Å². The molecule has 0 fully saturated rings. The van der Waals surface area contributed by atoms with Crippen molar-refractivity contribution in [2.24, 2.45) is 0 Å². The van der Waals surface area contributed by atoms with E-state index >= 15 is 0 Å². The summed E-state index contributed by atoms with van der Waals surface area (Å²) < 4.78 is 25.7. The van der Waals surface area contributed by atoms with Gasteiger partial charge in [-0.3, -0.25) is 0 Å². The maximum absolute atomic E-state index is 12.7. The van der Waals surface area contributed by atoms with Gasteiger partial charge < -0.3 is 5.11 Å². The summed E-state index contributed by atoms with van der Waals surface area (Å²) in [4.78, 5) is 16.4. The number of hydrogen-bond donors (Lipinski definition) is 1. The Bertz CT molecular complexity index is 328. The normalized spacial score (nSPS) is 11.3. The van der Waals surface area contributed by atoms with Crippen LogP contribution < -0.4 is 0 Å². The first-order valence-electron chi connectivity index (χ1n) is 3.04. The summed E-state index contributed by atoms with van der Waals surface area (Å²) in [6, 6.07) is 0. The van der Waals surface area contributed by atoms with Gasteiger partial charge in [0.1, 0.15) is 0 Å². The molecule has 0 aliphatic rings. The predicted octanol–water partition coefficient (Wildman–Crippen LogP) is 1.42. The molecule has 0 saturated heterocycles. The SMILES string of the molecule is O=C(O)C(F)(F)c1ncc(Br)cn1. The maximum Gasteiger partial charge on any atom is 0.400 e. The molecule has 0 amide bonds. The third-order valence-corrected chi connectivity index (χ3v) is 1.58. The first-order chi connectivity index (χ1) is 5.94. The molecule has 0 atom stereocenters. The van der Waals surface area contributed by atoms with Gasteiger partial charge in [-0.2, -0.15) is 8.78 Å². The number of rotatable bonds is 2. The molecule has 0 aliphatic heterocycles. The number of carboxylic acid groups (broad SMARTS) is 1. The first kappa shape index (κ1) is 9.97. The fourth-order valence-corrected chi connectivity index (χ4v) is 0.775. The Kier molecular flexibility index (Phi) is 2.55. The lowest BCUT2D eigenvalue weighted by Crippen LogP contribution is -2.27. The van der Waals surface area contributed by atoms with Gasteiger partial charge in [0.2, 0.25) is 5.82 Å². The van der Waals surface area contributed by atoms with E-state index in [2.05, 4.69) is 25.9 Å². The third-order valence-electron chi connectivity index (χ3n) is 1.17. The standard InChI is InChI=1S/C6H3BrF2N2O2/c7-3-1-10-4(11-2-3)6(8,9)5(12)13/h1-2H,(H,12,13). The Morgan fingerprint density at radius 1 is 1.46 bits per heavy atom. The number of aromatic nitrogens is 2. The van der Waals surface area contributed by atoms with Crippen LogP contribution in [0.5, 0.6) is 0 Å². The van der Waals surface area contributed by atoms with Crippen LogP contribution >= 0.6 is 15.9 Å². The van der Waals surface area contributed by atoms with Gasteiger partial charge in [-0.05, 0) is 15.9 Å². The molecule has 0 aliphatic carbocycles. The Balaban J connectivity index is 3.08. The van der Waals surface area contributed by atoms with Gasteiger partial charge in [-0.15, -0.1) is 0 Å². The van der Waals surface area contributed by atoms with Gasteiger partial charge in [-0.1, -0.05) is 0 Å². The van der Waals surface area contributed by atoms with Crippen molar-refractivity contribution < 1.29 is 18.7 Å². The maximum atomic E-state index is 12.7. The van der Waals surface area contributed by atoms with Crippen LogP contribution in [0.25, 0.3) is 0 Å². The molecule has 0 bridgehead atoms. The average Bonchev–Trinajstić information content (AvgIpc) is 2.04. The van der Waals surface area contributed by atoms with E-state index in [0.29, 0.717) is 4.47 Å². The highest BCUT2D eigenvalue weighted by atomic mass is 79.9. The average molecular weight is 253 g/mol. The van der Waals surface area contributed by atoms with Crippen LogP contribution in [0.3, 0.4) is 0 Å². The van der Waals surface area contributed by atoms with Crippen LogP contribution in [-0.4, -0.2) is 21.0 Å². The molecule has 1 heterocycles. The van der Waals surface area contributed by atoms with Crippen molar-refractivity contribution in [3.63, 3.8) is 0 Å². The van der Waals surface area contributed by atoms with E-state index < -0.39 is 17.7 Å². The summed E-state index contributed by atoms with van der Waals surface area (Å²) in [5.74, 6) is -7.33. The van der Waals surface area contributed by atoms with Crippen molar-refractivity contribution in [3.8, 4) is 0 Å². The molecule has 0 spiro atoms. The fraction of sp³-hybridized carbons (Fsp3) is 0.167. The summed E-state index contributed by atoms with van der Waals surface area (Å²) >= 11 is 2.93. The molecular weight excluding hydrogens is 250 g/mol. The molecule has 0 saturated carbocycles. The summed E-state index contributed by atoms with van der Waals surface area (Å²) in [5.41, 5.74) is 0. The molecule has 7 heteroatoms. The van der Waals surface area contributed by atoms with Crippen LogP contribution in [-0.2, 0) is 10.7 Å². The number of hydrogen-bond acceptors (Lipinski definition) is 3. The van der Waals surface area contributed by atoms with Gasteiger partial charge in [0.05, 0.1) is 4.47 Å². The second-order valence-electron chi connectivity index (χ2n) is 2.10. The molecule has 13 heavy (non-hydrogen) atoms. The predicted molar refractivity (Wildman–Crippen MR) is 41.3 cm³/mol. The van der Waals surface area contributed by atoms with Crippen molar-refractivity contribution in [1.29, 1.82) is 0 Å². The van der Waals surface area contributed by atoms with E-state index in [0.717, 1.165) is 12.4 Å². The van der Waals surface area contributed by atoms with Crippen molar-refractivity contribution in [2.75, 3.05) is 0 Å². The summed E-state index contributed by atoms with van der Waals surface area (Å²) in [6.45, 7) is 0. The van der Waals surface area contributed by atoms with E-state index in [-0.39, 0.29) is 0 Å². The first-order valence-corrected chi connectivity index (χ1v) is 3.83. The Hall–Kier alpha value is -1.11. The topological polar surface area (TPSA) is 63.1 Å². The second-order valence-corrected chi connectivity index (χ2v) is 3.02. The molecular formula is C6H3BrF2N2O2. The Labute approximate surface area is 79.8 Å². The summed E-state index contributed by atoms with van der Waals surface area (Å²) in [6.07, 6.45) is 2.11. The zero-order valence-corrected chi connectivity index (χ0v) is 7.62. The Morgan fingerprint density at radius 2 is 1.92 bits per heavy atom. The molecule has 1 aromatic rings. The van der Waals surface area contributed by atoms with Crippen molar-refractivity contribution in [3.05, 3.63) is 22.7 Å². The van der Waals surface area contributed by atoms with Crippen LogP contribution in [0, 0.1) is 0 Å². The van der Waals surface area contributed by atoms with Crippen LogP contribution in [0.1, 0.15) is 5.82 Å². The zero-order chi connectivity index (χ0) is 10.1. The lowest BCUT2D eigenvalue weighted by molar-refractivity contribution is -0.167. The summed E-state index contributed by atoms with van der Waals surface area (Å²) in [5, 5.41) is 8.12. The highest BCUT2D eigenvalue weighted by Gasteiger charge is 2.44. The lowest BCUT2D eigenvalue weighted by Gasteiger charge is -2.07. The number of carbonyl (C=O) groups is 1. The smallest absolute Gasteiger partial charge is 0.400 e. The highest BCUT2D eigenvalue weighted by molar-refractivity contribution is 9.10. The quantitative estimate of drug-likeness (QED) is 0.865. The van der Waals surface area contributed by atoms with Crippen LogP contribution in [0.15, 0.2) is 16.9 Å². The van der Waals surface area contributed by atoms with E-state index in [1.807, 2.05) is 0 Å². The zero-order valence-electron chi connectivity index (χ0n) is 6.04. The van der Waals surface area contributed by atoms with Gasteiger partial charge in [-0.25, -0.2) is 14.8 Å². The minimum Gasteiger partial charge on any atom is -0.476 e. The largest absolute Gasteiger partial charge is 0.476 e. The van der Waals surface area contributed by atoms with E-state index in [1.165, 1.54) is 0 Å². The number of aliphatic carboxylic acids is 1. The molecule has 1 N–H and O–H groups in total. The van der Waals surface area contributed by atoms with Gasteiger partial charge in [0, 0.05) is 12.4 Å². The molecule has 70 valence electrons. The van der Waals surface area contributed by atoms with Gasteiger partial charge in [0.25, 0.3) is 0 Å². The van der Waals surface area contributed by atoms with Crippen molar-refractivity contribution >= 4 is 21.9 Å². The van der Waals surface area contributed by atoms with E-state index in [1.54, 1.807) is 0 Å². The molecule has 0 radical (unpaired) electrons. The second kappa shape index (κ2) is 3.33. The third kappa shape index (κ3) is 1.97. The van der Waals surface area contributed by atoms with Crippen LogP contribution in [0.4, 0.5) is 8.78 Å². The monoisotopic (exact) mass is 252 g/mol. The summed E-state index contributed by atoms with van der Waals surface area (Å²) in [7, 11) is 0. The van der Waals surface area contributed by atoms with E-state index in [4.69, 9.17) is 5.11 Å². The number of carboxylic acids is 1. The Morgan fingerprint density at radius 3 is 2.31 bits per heavy atom. The molecule has 1 aromatic heterocycles. The van der Waals surface area contributed by atoms with Gasteiger partial charge in [0.15, 0.2) is 0 Å². The highest BCUT2D eigenvalue weighted by Crippen LogP contribution is 2.24. The number of alkyl halides is 2. The lowest BCUT2D eigenvalue weighted by atomic mass is 10.3. The number of halogens is 3. The fourth-order valence-electron chi connectivity index (χ4n) is 0.570. The van der Waals surface area contributed by atoms with E-state index in [9.17, 15) is 13.6 Å². The van der Waals surface area contributed by atoms with Crippen LogP contribution in [0.2, 0.25) is 0 Å². The minimum atomic E-state index is -4.04. The van der Waals surface area contributed by atoms with Gasteiger partial charge >= 0.3 is 11.9 Å². The number of nitrogens with zero attached hydrogens (tertiary/aromatic N) is 2. The minimum absolute atomic E-state index is 0.400. The molecule has 1 rings (SSSR count). The molecule has 4 nitrogen and oxygen atoms in total. The van der Waals surface area contributed by atoms with Crippen molar-refractivity contribution in [2.45, 2.75) is 5.92 Å². The molecule has 0 unspecified atom stereocenters. The molecule has 0 aromatic carbocycles.